The lowest BCUT2D eigenvalue weighted by molar-refractivity contribution is -0.147. The standard InChI is InChI=1S/C26H32N2O5/c1-4-17(14-23(29)28-26(3,5-2)24(30)31)15-27-25(32)33-16-22-20-12-8-6-10-18(20)19-11-7-9-13-21(19)22/h6-13,17,22H,4-5,14-16H2,1-3H3,(H,27,32)(H,28,29)(H,30,31). The molecular weight excluding hydrogens is 420 g/mol. The van der Waals surface area contributed by atoms with Gasteiger partial charge in [-0.3, -0.25) is 4.79 Å². The molecular formula is C26H32N2O5. The first kappa shape index (κ1) is 24.3. The number of carboxylic acids is 1. The summed E-state index contributed by atoms with van der Waals surface area (Å²) in [6.45, 7) is 5.63. The maximum Gasteiger partial charge on any atom is 0.407 e. The van der Waals surface area contributed by atoms with E-state index in [0.717, 1.165) is 11.1 Å². The fourth-order valence-electron chi connectivity index (χ4n) is 4.15. The summed E-state index contributed by atoms with van der Waals surface area (Å²) in [5.74, 6) is -1.55. The molecule has 2 unspecified atom stereocenters. The van der Waals surface area contributed by atoms with Gasteiger partial charge in [-0.25, -0.2) is 9.59 Å². The third-order valence-electron chi connectivity index (χ3n) is 6.52. The van der Waals surface area contributed by atoms with Gasteiger partial charge in [0.15, 0.2) is 0 Å². The lowest BCUT2D eigenvalue weighted by Crippen LogP contribution is -2.52. The van der Waals surface area contributed by atoms with Crippen molar-refractivity contribution in [1.82, 2.24) is 10.6 Å². The van der Waals surface area contributed by atoms with Crippen LogP contribution in [-0.2, 0) is 14.3 Å². The second-order valence-corrected chi connectivity index (χ2v) is 8.72. The first-order valence-corrected chi connectivity index (χ1v) is 11.4. The molecule has 7 heteroatoms. The molecule has 0 saturated carbocycles. The Morgan fingerprint density at radius 2 is 1.61 bits per heavy atom. The van der Waals surface area contributed by atoms with E-state index >= 15 is 0 Å². The van der Waals surface area contributed by atoms with E-state index in [1.807, 2.05) is 31.2 Å². The molecule has 2 atom stereocenters. The van der Waals surface area contributed by atoms with Crippen LogP contribution in [0, 0.1) is 5.92 Å². The summed E-state index contributed by atoms with van der Waals surface area (Å²) in [6.07, 6.45) is 0.540. The highest BCUT2D eigenvalue weighted by Crippen LogP contribution is 2.44. The number of carboxylic acid groups (broad SMARTS) is 1. The van der Waals surface area contributed by atoms with Crippen molar-refractivity contribution in [1.29, 1.82) is 0 Å². The van der Waals surface area contributed by atoms with Crippen molar-refractivity contribution in [2.24, 2.45) is 5.92 Å². The summed E-state index contributed by atoms with van der Waals surface area (Å²) < 4.78 is 5.54. The highest BCUT2D eigenvalue weighted by molar-refractivity contribution is 5.86. The van der Waals surface area contributed by atoms with Crippen molar-refractivity contribution in [2.45, 2.75) is 51.5 Å². The lowest BCUT2D eigenvalue weighted by Gasteiger charge is -2.26. The highest BCUT2D eigenvalue weighted by Gasteiger charge is 2.33. The number of carbonyl (C=O) groups is 3. The molecule has 0 fully saturated rings. The molecule has 2 aromatic rings. The van der Waals surface area contributed by atoms with Crippen LogP contribution in [0.25, 0.3) is 11.1 Å². The number of nitrogens with one attached hydrogen (secondary N) is 2. The zero-order chi connectivity index (χ0) is 24.0. The molecule has 0 aromatic heterocycles. The minimum atomic E-state index is -1.30. The van der Waals surface area contributed by atoms with E-state index < -0.39 is 17.6 Å². The van der Waals surface area contributed by atoms with E-state index in [1.54, 1.807) is 6.92 Å². The van der Waals surface area contributed by atoms with Gasteiger partial charge in [-0.05, 0) is 41.5 Å². The molecule has 1 aliphatic carbocycles. The fourth-order valence-corrected chi connectivity index (χ4v) is 4.15. The molecule has 2 amide bonds. The maximum absolute atomic E-state index is 12.4. The Balaban J connectivity index is 1.52. The third-order valence-corrected chi connectivity index (χ3v) is 6.52. The minimum Gasteiger partial charge on any atom is -0.480 e. The summed E-state index contributed by atoms with van der Waals surface area (Å²) in [4.78, 5) is 36.1. The molecule has 3 rings (SSSR count). The van der Waals surface area contributed by atoms with Crippen molar-refractivity contribution < 1.29 is 24.2 Å². The van der Waals surface area contributed by atoms with Gasteiger partial charge in [-0.15, -0.1) is 0 Å². The van der Waals surface area contributed by atoms with Gasteiger partial charge in [0.2, 0.25) is 5.91 Å². The number of fused-ring (bicyclic) bond motifs is 3. The Hall–Kier alpha value is -3.35. The van der Waals surface area contributed by atoms with Gasteiger partial charge in [0, 0.05) is 18.9 Å². The predicted octanol–water partition coefficient (Wildman–Crippen LogP) is 4.31. The zero-order valence-electron chi connectivity index (χ0n) is 19.4. The first-order valence-electron chi connectivity index (χ1n) is 11.4. The van der Waals surface area contributed by atoms with Crippen LogP contribution in [0.5, 0.6) is 0 Å². The van der Waals surface area contributed by atoms with Crippen LogP contribution in [0.4, 0.5) is 4.79 Å². The lowest BCUT2D eigenvalue weighted by atomic mass is 9.97. The molecule has 3 N–H and O–H groups in total. The van der Waals surface area contributed by atoms with Gasteiger partial charge in [0.25, 0.3) is 0 Å². The van der Waals surface area contributed by atoms with Gasteiger partial charge in [0.05, 0.1) is 0 Å². The molecule has 0 aliphatic heterocycles. The molecule has 2 aromatic carbocycles. The Morgan fingerprint density at radius 3 is 2.12 bits per heavy atom. The van der Waals surface area contributed by atoms with E-state index in [2.05, 4.69) is 34.9 Å². The van der Waals surface area contributed by atoms with Gasteiger partial charge in [-0.1, -0.05) is 68.8 Å². The fraction of sp³-hybridized carbons (Fsp3) is 0.423. The first-order chi connectivity index (χ1) is 15.8. The van der Waals surface area contributed by atoms with E-state index in [9.17, 15) is 19.5 Å². The van der Waals surface area contributed by atoms with Crippen LogP contribution < -0.4 is 10.6 Å². The number of rotatable bonds is 10. The normalized spacial score (nSPS) is 15.0. The minimum absolute atomic E-state index is 0.0151. The molecule has 176 valence electrons. The topological polar surface area (TPSA) is 105 Å². The van der Waals surface area contributed by atoms with Crippen LogP contribution in [0.1, 0.15) is 57.1 Å². The molecule has 0 saturated heterocycles. The van der Waals surface area contributed by atoms with Gasteiger partial charge >= 0.3 is 12.1 Å². The second kappa shape index (κ2) is 10.5. The van der Waals surface area contributed by atoms with E-state index in [1.165, 1.54) is 18.1 Å². The summed E-state index contributed by atoms with van der Waals surface area (Å²) in [6, 6.07) is 16.3. The molecule has 0 spiro atoms. The number of hydrogen-bond donors (Lipinski definition) is 3. The number of benzene rings is 2. The average molecular weight is 453 g/mol. The third kappa shape index (κ3) is 5.53. The number of carbonyl (C=O) groups excluding carboxylic acids is 2. The van der Waals surface area contributed by atoms with Crippen LogP contribution in [0.3, 0.4) is 0 Å². The van der Waals surface area contributed by atoms with Crippen molar-refractivity contribution >= 4 is 18.0 Å². The zero-order valence-corrected chi connectivity index (χ0v) is 19.4. The number of amides is 2. The quantitative estimate of drug-likeness (QED) is 0.498. The Morgan fingerprint density at radius 1 is 1.03 bits per heavy atom. The predicted molar refractivity (Wildman–Crippen MR) is 126 cm³/mol. The number of aliphatic carboxylic acids is 1. The van der Waals surface area contributed by atoms with Crippen molar-refractivity contribution in [2.75, 3.05) is 13.2 Å². The number of hydrogen-bond acceptors (Lipinski definition) is 4. The Bertz CT molecular complexity index is 976. The summed E-state index contributed by atoms with van der Waals surface area (Å²) in [7, 11) is 0. The molecule has 33 heavy (non-hydrogen) atoms. The van der Waals surface area contributed by atoms with Crippen LogP contribution >= 0.6 is 0 Å². The van der Waals surface area contributed by atoms with Crippen LogP contribution in [-0.4, -0.2) is 41.8 Å². The van der Waals surface area contributed by atoms with Crippen molar-refractivity contribution in [3.63, 3.8) is 0 Å². The average Bonchev–Trinajstić information content (AvgIpc) is 3.13. The summed E-state index contributed by atoms with van der Waals surface area (Å²) in [5, 5.41) is 14.7. The number of ether oxygens (including phenoxy) is 1. The molecule has 0 bridgehead atoms. The summed E-state index contributed by atoms with van der Waals surface area (Å²) in [5.41, 5.74) is 3.33. The van der Waals surface area contributed by atoms with E-state index in [-0.39, 0.29) is 43.7 Å². The molecule has 0 heterocycles. The van der Waals surface area contributed by atoms with Crippen LogP contribution in [0.15, 0.2) is 48.5 Å². The Kier molecular flexibility index (Phi) is 7.74. The van der Waals surface area contributed by atoms with Crippen molar-refractivity contribution in [3.05, 3.63) is 59.7 Å². The molecule has 0 radical (unpaired) electrons. The molecule has 7 nitrogen and oxygen atoms in total. The van der Waals surface area contributed by atoms with Gasteiger partial charge in [-0.2, -0.15) is 0 Å². The number of alkyl carbamates (subject to hydrolysis) is 1. The SMILES string of the molecule is CCC(CNC(=O)OCC1c2ccccc2-c2ccccc21)CC(=O)NC(C)(CC)C(=O)O. The summed E-state index contributed by atoms with van der Waals surface area (Å²) >= 11 is 0. The monoisotopic (exact) mass is 452 g/mol. The van der Waals surface area contributed by atoms with Gasteiger partial charge in [0.1, 0.15) is 12.1 Å². The van der Waals surface area contributed by atoms with E-state index in [4.69, 9.17) is 4.74 Å². The molecule has 1 aliphatic rings. The largest absolute Gasteiger partial charge is 0.480 e. The second-order valence-electron chi connectivity index (χ2n) is 8.72. The Labute approximate surface area is 194 Å². The van der Waals surface area contributed by atoms with E-state index in [0.29, 0.717) is 6.42 Å². The van der Waals surface area contributed by atoms with Crippen LogP contribution in [0.2, 0.25) is 0 Å². The van der Waals surface area contributed by atoms with Crippen molar-refractivity contribution in [3.8, 4) is 11.1 Å². The maximum atomic E-state index is 12.4. The van der Waals surface area contributed by atoms with Gasteiger partial charge < -0.3 is 20.5 Å². The highest BCUT2D eigenvalue weighted by atomic mass is 16.5. The smallest absolute Gasteiger partial charge is 0.407 e.